The van der Waals surface area contributed by atoms with Gasteiger partial charge in [0.2, 0.25) is 0 Å². The van der Waals surface area contributed by atoms with Crippen molar-refractivity contribution < 1.29 is 19.1 Å². The van der Waals surface area contributed by atoms with E-state index in [1.54, 1.807) is 13.8 Å². The third-order valence-corrected chi connectivity index (χ3v) is 5.90. The van der Waals surface area contributed by atoms with Crippen molar-refractivity contribution in [1.29, 1.82) is 0 Å². The first-order valence-corrected chi connectivity index (χ1v) is 9.68. The first kappa shape index (κ1) is 19.4. The lowest BCUT2D eigenvalue weighted by atomic mass is 9.95. The minimum absolute atomic E-state index is 0.0505. The number of pyridine rings is 1. The van der Waals surface area contributed by atoms with Crippen molar-refractivity contribution in [2.45, 2.75) is 33.0 Å². The van der Waals surface area contributed by atoms with E-state index in [1.165, 1.54) is 32.6 Å². The van der Waals surface area contributed by atoms with Crippen molar-refractivity contribution in [2.24, 2.45) is 0 Å². The average Bonchev–Trinajstić information content (AvgIpc) is 2.94. The Morgan fingerprint density at radius 2 is 1.97 bits per heavy atom. The molecule has 0 saturated heterocycles. The lowest BCUT2D eigenvalue weighted by molar-refractivity contribution is 0.0721. The number of hydrogen-bond donors (Lipinski definition) is 1. The van der Waals surface area contributed by atoms with Crippen LogP contribution in [0, 0.1) is 5.82 Å². The molecule has 9 heteroatoms. The zero-order valence-electron chi connectivity index (χ0n) is 15.9. The summed E-state index contributed by atoms with van der Waals surface area (Å²) < 4.78 is 14.7. The summed E-state index contributed by atoms with van der Waals surface area (Å²) in [5.41, 5.74) is 0.311. The number of aromatic nitrogens is 1. The second kappa shape index (κ2) is 6.88. The number of amides is 2. The molecule has 0 aliphatic carbocycles. The lowest BCUT2D eigenvalue weighted by Gasteiger charge is -2.30. The van der Waals surface area contributed by atoms with Gasteiger partial charge in [-0.2, -0.15) is 0 Å². The van der Waals surface area contributed by atoms with Gasteiger partial charge in [0.05, 0.1) is 10.6 Å². The van der Waals surface area contributed by atoms with E-state index in [0.717, 1.165) is 0 Å². The Bertz CT molecular complexity index is 1110. The molecule has 0 radical (unpaired) electrons. The van der Waals surface area contributed by atoms with E-state index in [2.05, 4.69) is 0 Å². The fraction of sp³-hybridized carbons (Fsp3) is 0.350. The molecule has 2 aliphatic rings. The molecule has 29 heavy (non-hydrogen) atoms. The zero-order chi connectivity index (χ0) is 21.0. The molecule has 2 aliphatic heterocycles. The molecule has 1 aromatic carbocycles. The summed E-state index contributed by atoms with van der Waals surface area (Å²) in [5, 5.41) is 10.5. The molecule has 0 fully saturated rings. The predicted molar refractivity (Wildman–Crippen MR) is 104 cm³/mol. The van der Waals surface area contributed by atoms with E-state index >= 15 is 0 Å². The largest absolute Gasteiger partial charge is 0.502 e. The third-order valence-electron chi connectivity index (χ3n) is 5.61. The molecule has 152 valence electrons. The molecule has 1 unspecified atom stereocenters. The van der Waals surface area contributed by atoms with Gasteiger partial charge in [-0.25, -0.2) is 4.39 Å². The van der Waals surface area contributed by atoms with E-state index in [0.29, 0.717) is 30.6 Å². The summed E-state index contributed by atoms with van der Waals surface area (Å²) in [6, 6.07) is 4.17. The number of rotatable bonds is 3. The maximum absolute atomic E-state index is 13.4. The number of hydrogen-bond acceptors (Lipinski definition) is 4. The van der Waals surface area contributed by atoms with E-state index in [9.17, 15) is 23.9 Å². The Labute approximate surface area is 170 Å². The van der Waals surface area contributed by atoms with Gasteiger partial charge >= 0.3 is 0 Å². The van der Waals surface area contributed by atoms with Crippen molar-refractivity contribution in [1.82, 2.24) is 14.4 Å². The van der Waals surface area contributed by atoms with Crippen molar-refractivity contribution in [3.8, 4) is 5.75 Å². The minimum atomic E-state index is -0.754. The van der Waals surface area contributed by atoms with E-state index < -0.39 is 29.2 Å². The van der Waals surface area contributed by atoms with E-state index in [4.69, 9.17) is 11.6 Å². The van der Waals surface area contributed by atoms with Gasteiger partial charge in [-0.3, -0.25) is 19.0 Å². The molecule has 1 aromatic heterocycles. The maximum Gasteiger partial charge on any atom is 0.295 e. The van der Waals surface area contributed by atoms with Gasteiger partial charge in [-0.05, 0) is 38.0 Å². The highest BCUT2D eigenvalue weighted by Gasteiger charge is 2.42. The number of carbonyl (C=O) groups is 2. The number of nitrogens with zero attached hydrogens (tertiary/aromatic N) is 3. The van der Waals surface area contributed by atoms with Crippen LogP contribution in [0.4, 0.5) is 4.39 Å². The second-order valence-corrected chi connectivity index (χ2v) is 7.58. The van der Waals surface area contributed by atoms with Crippen LogP contribution in [0.3, 0.4) is 0 Å². The van der Waals surface area contributed by atoms with Crippen LogP contribution in [0.15, 0.2) is 23.0 Å². The zero-order valence-corrected chi connectivity index (χ0v) is 16.7. The Kier molecular flexibility index (Phi) is 4.61. The van der Waals surface area contributed by atoms with Crippen LogP contribution in [0.25, 0.3) is 0 Å². The first-order valence-electron chi connectivity index (χ1n) is 9.30. The Morgan fingerprint density at radius 3 is 2.62 bits per heavy atom. The van der Waals surface area contributed by atoms with Crippen LogP contribution in [-0.2, 0) is 13.0 Å². The maximum atomic E-state index is 13.4. The monoisotopic (exact) mass is 419 g/mol. The van der Waals surface area contributed by atoms with Gasteiger partial charge < -0.3 is 14.9 Å². The highest BCUT2D eigenvalue weighted by molar-refractivity contribution is 6.30. The molecule has 1 N–H and O–H groups in total. The smallest absolute Gasteiger partial charge is 0.295 e. The predicted octanol–water partition coefficient (Wildman–Crippen LogP) is 2.54. The standard InChI is InChI=1S/C20H19ClFN3O4/c1-3-24-10(2)25-16(19(24)28)12-6-7-23(18(27)15(12)17(26)20(25)29)9-11-4-5-14(22)13(21)8-11/h4-5,8,10,26H,3,6-7,9H2,1-2H3. The summed E-state index contributed by atoms with van der Waals surface area (Å²) >= 11 is 5.81. The molecule has 0 saturated carbocycles. The highest BCUT2D eigenvalue weighted by atomic mass is 35.5. The van der Waals surface area contributed by atoms with Gasteiger partial charge in [0.15, 0.2) is 5.75 Å². The molecule has 7 nitrogen and oxygen atoms in total. The topological polar surface area (TPSA) is 82.9 Å². The summed E-state index contributed by atoms with van der Waals surface area (Å²) in [7, 11) is 0. The summed E-state index contributed by atoms with van der Waals surface area (Å²) in [6.07, 6.45) is -0.212. The summed E-state index contributed by atoms with van der Waals surface area (Å²) in [6.45, 7) is 4.35. The molecule has 0 bridgehead atoms. The molecule has 3 heterocycles. The normalized spacial score (nSPS) is 18.3. The molecule has 1 atom stereocenters. The van der Waals surface area contributed by atoms with Gasteiger partial charge in [-0.15, -0.1) is 0 Å². The Morgan fingerprint density at radius 1 is 1.24 bits per heavy atom. The van der Waals surface area contributed by atoms with Crippen molar-refractivity contribution >= 4 is 23.4 Å². The molecular formula is C20H19ClFN3O4. The number of benzene rings is 1. The molecule has 2 aromatic rings. The lowest BCUT2D eigenvalue weighted by Crippen LogP contribution is -2.40. The average molecular weight is 420 g/mol. The third kappa shape index (κ3) is 2.81. The van der Waals surface area contributed by atoms with Crippen molar-refractivity contribution in [3.63, 3.8) is 0 Å². The van der Waals surface area contributed by atoms with E-state index in [-0.39, 0.29) is 28.7 Å². The van der Waals surface area contributed by atoms with Crippen LogP contribution in [0.5, 0.6) is 5.75 Å². The van der Waals surface area contributed by atoms with Crippen LogP contribution in [-0.4, -0.2) is 44.4 Å². The number of carbonyl (C=O) groups excluding carboxylic acids is 2. The SMILES string of the molecule is CCN1C(=O)c2c3c(c(O)c(=O)n2C1C)C(=O)N(Cc1ccc(F)c(Cl)c1)CC3. The van der Waals surface area contributed by atoms with Crippen LogP contribution in [0.2, 0.25) is 5.02 Å². The number of fused-ring (bicyclic) bond motifs is 3. The van der Waals surface area contributed by atoms with Crippen molar-refractivity contribution in [2.75, 3.05) is 13.1 Å². The van der Waals surface area contributed by atoms with Crippen LogP contribution < -0.4 is 5.56 Å². The van der Waals surface area contributed by atoms with Gasteiger partial charge in [0, 0.05) is 25.2 Å². The fourth-order valence-corrected chi connectivity index (χ4v) is 4.36. The van der Waals surface area contributed by atoms with Crippen LogP contribution in [0.1, 0.15) is 52.0 Å². The minimum Gasteiger partial charge on any atom is -0.502 e. The van der Waals surface area contributed by atoms with Gasteiger partial charge in [0.25, 0.3) is 17.4 Å². The molecule has 4 rings (SSSR count). The second-order valence-electron chi connectivity index (χ2n) is 7.17. The molecule has 0 spiro atoms. The number of aromatic hydroxyl groups is 1. The number of halogens is 2. The van der Waals surface area contributed by atoms with Gasteiger partial charge in [0.1, 0.15) is 17.7 Å². The first-order chi connectivity index (χ1) is 13.8. The Balaban J connectivity index is 1.77. The molecular weight excluding hydrogens is 401 g/mol. The van der Waals surface area contributed by atoms with E-state index in [1.807, 2.05) is 0 Å². The molecule has 2 amide bonds. The summed E-state index contributed by atoms with van der Waals surface area (Å²) in [5.74, 6) is -2.06. The van der Waals surface area contributed by atoms with Crippen molar-refractivity contribution in [3.05, 3.63) is 61.8 Å². The Hall–Kier alpha value is -2.87. The van der Waals surface area contributed by atoms with Gasteiger partial charge in [-0.1, -0.05) is 17.7 Å². The summed E-state index contributed by atoms with van der Waals surface area (Å²) in [4.78, 5) is 41.6. The quantitative estimate of drug-likeness (QED) is 0.828. The fourth-order valence-electron chi connectivity index (χ4n) is 4.16. The highest BCUT2D eigenvalue weighted by Crippen LogP contribution is 2.34. The van der Waals surface area contributed by atoms with Crippen LogP contribution >= 0.6 is 11.6 Å².